The number of halogens is 1. The minimum atomic E-state index is -0.422. The first-order chi connectivity index (χ1) is 7.53. The number of hydrogen-bond donors (Lipinski definition) is 1. The zero-order chi connectivity index (χ0) is 11.8. The summed E-state index contributed by atoms with van der Waals surface area (Å²) in [5.41, 5.74) is 7.30. The number of rotatable bonds is 2. The zero-order valence-corrected chi connectivity index (χ0v) is 9.79. The smallest absolute Gasteiger partial charge is 0.128 e. The molecule has 2 atom stereocenters. The van der Waals surface area contributed by atoms with Gasteiger partial charge in [-0.05, 0) is 32.8 Å². The highest BCUT2D eigenvalue weighted by molar-refractivity contribution is 5.28. The van der Waals surface area contributed by atoms with Crippen molar-refractivity contribution in [2.45, 2.75) is 38.3 Å². The molecule has 3 heteroatoms. The van der Waals surface area contributed by atoms with E-state index < -0.39 is 11.6 Å². The van der Waals surface area contributed by atoms with Crippen LogP contribution in [-0.2, 0) is 4.74 Å². The zero-order valence-electron chi connectivity index (χ0n) is 9.79. The normalized spacial score (nSPS) is 27.0. The fourth-order valence-electron chi connectivity index (χ4n) is 2.28. The van der Waals surface area contributed by atoms with Crippen LogP contribution < -0.4 is 5.73 Å². The number of nitrogens with two attached hydrogens (primary N) is 1. The molecule has 2 N–H and O–H groups in total. The lowest BCUT2D eigenvalue weighted by Crippen LogP contribution is -2.38. The van der Waals surface area contributed by atoms with Crippen molar-refractivity contribution in [2.75, 3.05) is 6.61 Å². The van der Waals surface area contributed by atoms with Crippen molar-refractivity contribution >= 4 is 0 Å². The molecule has 0 radical (unpaired) electrons. The minimum absolute atomic E-state index is 0.241. The Bertz CT molecular complexity index is 386. The van der Waals surface area contributed by atoms with E-state index in [4.69, 9.17) is 10.5 Å². The molecule has 0 bridgehead atoms. The first kappa shape index (κ1) is 11.6. The summed E-state index contributed by atoms with van der Waals surface area (Å²) in [7, 11) is 0. The van der Waals surface area contributed by atoms with E-state index in [2.05, 4.69) is 0 Å². The van der Waals surface area contributed by atoms with Crippen molar-refractivity contribution in [2.24, 2.45) is 5.73 Å². The molecule has 0 aliphatic carbocycles. The Balaban J connectivity index is 2.32. The maximum absolute atomic E-state index is 13.7. The summed E-state index contributed by atoms with van der Waals surface area (Å²) < 4.78 is 19.4. The summed E-state index contributed by atoms with van der Waals surface area (Å²) in [5, 5.41) is 0. The van der Waals surface area contributed by atoms with E-state index >= 15 is 0 Å². The number of hydrogen-bond acceptors (Lipinski definition) is 2. The molecule has 2 rings (SSSR count). The largest absolute Gasteiger partial charge is 0.373 e. The predicted molar refractivity (Wildman–Crippen MR) is 61.7 cm³/mol. The summed E-state index contributed by atoms with van der Waals surface area (Å²) in [5.74, 6) is -0.241. The third-order valence-electron chi connectivity index (χ3n) is 3.39. The van der Waals surface area contributed by atoms with Gasteiger partial charge in [0.05, 0.1) is 11.6 Å². The van der Waals surface area contributed by atoms with Gasteiger partial charge in [0.2, 0.25) is 0 Å². The van der Waals surface area contributed by atoms with Gasteiger partial charge in [0, 0.05) is 12.2 Å². The van der Waals surface area contributed by atoms with Crippen LogP contribution >= 0.6 is 0 Å². The Hall–Kier alpha value is -0.930. The van der Waals surface area contributed by atoms with Crippen molar-refractivity contribution in [3.63, 3.8) is 0 Å². The van der Waals surface area contributed by atoms with Gasteiger partial charge < -0.3 is 10.5 Å². The summed E-state index contributed by atoms with van der Waals surface area (Å²) in [4.78, 5) is 0. The highest BCUT2D eigenvalue weighted by atomic mass is 19.1. The molecule has 1 heterocycles. The topological polar surface area (TPSA) is 35.2 Å². The van der Waals surface area contributed by atoms with Gasteiger partial charge in [-0.25, -0.2) is 4.39 Å². The van der Waals surface area contributed by atoms with Crippen LogP contribution in [0.15, 0.2) is 18.2 Å². The van der Waals surface area contributed by atoms with E-state index in [1.54, 1.807) is 6.07 Å². The molecule has 0 amide bonds. The lowest BCUT2D eigenvalue weighted by atomic mass is 9.87. The van der Waals surface area contributed by atoms with Gasteiger partial charge in [0.15, 0.2) is 0 Å². The third-order valence-corrected chi connectivity index (χ3v) is 3.39. The van der Waals surface area contributed by atoms with Gasteiger partial charge in [-0.15, -0.1) is 0 Å². The molecule has 1 aromatic rings. The molecule has 1 aliphatic heterocycles. The molecule has 1 saturated heterocycles. The summed E-state index contributed by atoms with van der Waals surface area (Å²) in [6, 6.07) is 4.65. The molecule has 1 fully saturated rings. The number of aryl methyl sites for hydroxylation is 1. The molecular weight excluding hydrogens is 205 g/mol. The molecule has 1 aromatic carbocycles. The van der Waals surface area contributed by atoms with Crippen molar-refractivity contribution in [1.29, 1.82) is 0 Å². The fraction of sp³-hybridized carbons (Fsp3) is 0.538. The van der Waals surface area contributed by atoms with E-state index in [-0.39, 0.29) is 5.82 Å². The van der Waals surface area contributed by atoms with Crippen LogP contribution in [0.4, 0.5) is 4.39 Å². The van der Waals surface area contributed by atoms with Crippen LogP contribution in [0, 0.1) is 12.7 Å². The van der Waals surface area contributed by atoms with Crippen LogP contribution in [0.2, 0.25) is 0 Å². The quantitative estimate of drug-likeness (QED) is 0.836. The van der Waals surface area contributed by atoms with Crippen molar-refractivity contribution in [1.82, 2.24) is 0 Å². The SMILES string of the molecule is Cc1ccc(F)c(C(N)C2(C)CCCO2)c1. The van der Waals surface area contributed by atoms with Gasteiger partial charge in [-0.2, -0.15) is 0 Å². The van der Waals surface area contributed by atoms with Gasteiger partial charge in [0.1, 0.15) is 5.82 Å². The Morgan fingerprint density at radius 2 is 2.25 bits per heavy atom. The molecule has 0 aromatic heterocycles. The maximum Gasteiger partial charge on any atom is 0.128 e. The average Bonchev–Trinajstić information content (AvgIpc) is 2.69. The molecule has 2 nitrogen and oxygen atoms in total. The van der Waals surface area contributed by atoms with E-state index in [9.17, 15) is 4.39 Å². The minimum Gasteiger partial charge on any atom is -0.373 e. The molecule has 88 valence electrons. The van der Waals surface area contributed by atoms with E-state index in [1.807, 2.05) is 19.9 Å². The Morgan fingerprint density at radius 3 is 2.88 bits per heavy atom. The van der Waals surface area contributed by atoms with Gasteiger partial charge in [0.25, 0.3) is 0 Å². The van der Waals surface area contributed by atoms with Crippen LogP contribution in [0.25, 0.3) is 0 Å². The monoisotopic (exact) mass is 223 g/mol. The molecule has 2 unspecified atom stereocenters. The van der Waals surface area contributed by atoms with Crippen LogP contribution in [0.5, 0.6) is 0 Å². The molecule has 0 spiro atoms. The Morgan fingerprint density at radius 1 is 1.50 bits per heavy atom. The first-order valence-corrected chi connectivity index (χ1v) is 5.68. The number of ether oxygens (including phenoxy) is 1. The summed E-state index contributed by atoms with van der Waals surface area (Å²) in [6.45, 7) is 4.62. The molecular formula is C13H18FNO. The second-order valence-electron chi connectivity index (χ2n) is 4.77. The lowest BCUT2D eigenvalue weighted by Gasteiger charge is -2.31. The van der Waals surface area contributed by atoms with Gasteiger partial charge in [-0.3, -0.25) is 0 Å². The second-order valence-corrected chi connectivity index (χ2v) is 4.77. The second kappa shape index (κ2) is 4.15. The fourth-order valence-corrected chi connectivity index (χ4v) is 2.28. The van der Waals surface area contributed by atoms with Gasteiger partial charge >= 0.3 is 0 Å². The van der Waals surface area contributed by atoms with Crippen molar-refractivity contribution in [3.8, 4) is 0 Å². The van der Waals surface area contributed by atoms with Crippen molar-refractivity contribution < 1.29 is 9.13 Å². The van der Waals surface area contributed by atoms with Crippen molar-refractivity contribution in [3.05, 3.63) is 35.1 Å². The molecule has 16 heavy (non-hydrogen) atoms. The number of benzene rings is 1. The third kappa shape index (κ3) is 1.97. The first-order valence-electron chi connectivity index (χ1n) is 5.68. The Kier molecular flexibility index (Phi) is 3.00. The van der Waals surface area contributed by atoms with Crippen LogP contribution in [0.1, 0.15) is 36.9 Å². The Labute approximate surface area is 95.6 Å². The van der Waals surface area contributed by atoms with E-state index in [0.29, 0.717) is 5.56 Å². The lowest BCUT2D eigenvalue weighted by molar-refractivity contribution is -0.00258. The summed E-state index contributed by atoms with van der Waals surface area (Å²) in [6.07, 6.45) is 1.89. The van der Waals surface area contributed by atoms with E-state index in [0.717, 1.165) is 25.0 Å². The standard InChI is InChI=1S/C13H18FNO/c1-9-4-5-11(14)10(8-9)12(15)13(2)6-3-7-16-13/h4-5,8,12H,3,6-7,15H2,1-2H3. The van der Waals surface area contributed by atoms with Gasteiger partial charge in [-0.1, -0.05) is 17.7 Å². The summed E-state index contributed by atoms with van der Waals surface area (Å²) >= 11 is 0. The average molecular weight is 223 g/mol. The highest BCUT2D eigenvalue weighted by Crippen LogP contribution is 2.36. The highest BCUT2D eigenvalue weighted by Gasteiger charge is 2.38. The predicted octanol–water partition coefficient (Wildman–Crippen LogP) is 2.70. The maximum atomic E-state index is 13.7. The van der Waals surface area contributed by atoms with Crippen LogP contribution in [0.3, 0.4) is 0 Å². The molecule has 0 saturated carbocycles. The van der Waals surface area contributed by atoms with Crippen LogP contribution in [-0.4, -0.2) is 12.2 Å². The molecule has 1 aliphatic rings. The van der Waals surface area contributed by atoms with E-state index in [1.165, 1.54) is 6.07 Å².